The molecule has 1 aliphatic rings. The zero-order chi connectivity index (χ0) is 20.3. The number of nitrogens with one attached hydrogen (secondary N) is 1. The second kappa shape index (κ2) is 8.21. The molecular weight excluding hydrogens is 394 g/mol. The van der Waals surface area contributed by atoms with Gasteiger partial charge in [0.15, 0.2) is 0 Å². The quantitative estimate of drug-likeness (QED) is 0.814. The van der Waals surface area contributed by atoms with Crippen LogP contribution in [0.25, 0.3) is 0 Å². The Kier molecular flexibility index (Phi) is 5.92. The highest BCUT2D eigenvalue weighted by atomic mass is 32.2. The topological polar surface area (TPSA) is 84.9 Å². The smallest absolute Gasteiger partial charge is 0.255 e. The van der Waals surface area contributed by atoms with E-state index < -0.39 is 27.6 Å². The van der Waals surface area contributed by atoms with Crippen molar-refractivity contribution in [1.29, 1.82) is 0 Å². The molecule has 0 unspecified atom stereocenters. The van der Waals surface area contributed by atoms with E-state index in [9.17, 15) is 22.0 Å². The molecule has 150 valence electrons. The monoisotopic (exact) mass is 412 g/mol. The molecule has 7 nitrogen and oxygen atoms in total. The number of rotatable bonds is 5. The van der Waals surface area contributed by atoms with Gasteiger partial charge in [-0.15, -0.1) is 0 Å². The first-order valence-electron chi connectivity index (χ1n) is 8.35. The molecular formula is C18H18F2N2O5S. The van der Waals surface area contributed by atoms with Gasteiger partial charge in [0.1, 0.15) is 22.3 Å². The molecule has 1 amide bonds. The van der Waals surface area contributed by atoms with E-state index in [0.717, 1.165) is 24.3 Å². The second-order valence-electron chi connectivity index (χ2n) is 5.96. The summed E-state index contributed by atoms with van der Waals surface area (Å²) < 4.78 is 64.5. The number of morpholine rings is 1. The van der Waals surface area contributed by atoms with Crippen molar-refractivity contribution in [2.75, 3.05) is 38.7 Å². The molecule has 1 aliphatic heterocycles. The number of carbonyl (C=O) groups is 1. The highest BCUT2D eigenvalue weighted by Gasteiger charge is 2.30. The third kappa shape index (κ3) is 4.13. The normalized spacial score (nSPS) is 15.2. The number of hydrogen-bond donors (Lipinski definition) is 1. The Labute approximate surface area is 160 Å². The Balaban J connectivity index is 1.94. The molecule has 10 heteroatoms. The SMILES string of the molecule is COc1ccc(C(=O)Nc2cc(F)ccc2F)cc1S(=O)(=O)N1CCOCC1. The first kappa shape index (κ1) is 20.2. The molecule has 0 aromatic heterocycles. The lowest BCUT2D eigenvalue weighted by Gasteiger charge is -2.26. The summed E-state index contributed by atoms with van der Waals surface area (Å²) in [6, 6.07) is 6.46. The third-order valence-electron chi connectivity index (χ3n) is 4.19. The maximum Gasteiger partial charge on any atom is 0.255 e. The van der Waals surface area contributed by atoms with E-state index in [0.29, 0.717) is 0 Å². The predicted octanol–water partition coefficient (Wildman–Crippen LogP) is 2.25. The van der Waals surface area contributed by atoms with E-state index in [1.54, 1.807) is 0 Å². The number of halogens is 2. The molecule has 2 aromatic rings. The van der Waals surface area contributed by atoms with Crippen molar-refractivity contribution >= 4 is 21.6 Å². The number of carbonyl (C=O) groups excluding carboxylic acids is 1. The summed E-state index contributed by atoms with van der Waals surface area (Å²) in [5.74, 6) is -2.25. The van der Waals surface area contributed by atoms with Gasteiger partial charge in [-0.2, -0.15) is 4.31 Å². The van der Waals surface area contributed by atoms with Crippen LogP contribution in [0.15, 0.2) is 41.3 Å². The predicted molar refractivity (Wildman–Crippen MR) is 96.9 cm³/mol. The number of ether oxygens (including phenoxy) is 2. The summed E-state index contributed by atoms with van der Waals surface area (Å²) >= 11 is 0. The van der Waals surface area contributed by atoms with Crippen molar-refractivity contribution in [1.82, 2.24) is 4.31 Å². The van der Waals surface area contributed by atoms with Crippen molar-refractivity contribution in [3.05, 3.63) is 53.6 Å². The lowest BCUT2D eigenvalue weighted by atomic mass is 10.2. The van der Waals surface area contributed by atoms with Crippen LogP contribution in [-0.4, -0.2) is 52.0 Å². The van der Waals surface area contributed by atoms with E-state index in [4.69, 9.17) is 9.47 Å². The fourth-order valence-corrected chi connectivity index (χ4v) is 4.32. The number of methoxy groups -OCH3 is 1. The Morgan fingerprint density at radius 3 is 2.54 bits per heavy atom. The van der Waals surface area contributed by atoms with E-state index in [1.807, 2.05) is 0 Å². The van der Waals surface area contributed by atoms with Gasteiger partial charge in [-0.3, -0.25) is 4.79 Å². The minimum absolute atomic E-state index is 0.0451. The number of anilines is 1. The molecule has 28 heavy (non-hydrogen) atoms. The molecule has 0 radical (unpaired) electrons. The molecule has 1 heterocycles. The van der Waals surface area contributed by atoms with Crippen molar-refractivity contribution in [3.63, 3.8) is 0 Å². The van der Waals surface area contributed by atoms with Gasteiger partial charge in [0.25, 0.3) is 5.91 Å². The molecule has 3 rings (SSSR count). The number of nitrogens with zero attached hydrogens (tertiary/aromatic N) is 1. The first-order chi connectivity index (χ1) is 13.3. The van der Waals surface area contributed by atoms with E-state index in [2.05, 4.69) is 5.32 Å². The molecule has 1 saturated heterocycles. The fourth-order valence-electron chi connectivity index (χ4n) is 2.73. The van der Waals surface area contributed by atoms with Crippen LogP contribution in [0.2, 0.25) is 0 Å². The Morgan fingerprint density at radius 1 is 1.14 bits per heavy atom. The van der Waals surface area contributed by atoms with Crippen molar-refractivity contribution < 1.29 is 31.5 Å². The molecule has 0 aliphatic carbocycles. The van der Waals surface area contributed by atoms with Gasteiger partial charge >= 0.3 is 0 Å². The van der Waals surface area contributed by atoms with Crippen molar-refractivity contribution in [2.45, 2.75) is 4.90 Å². The molecule has 0 atom stereocenters. The Morgan fingerprint density at radius 2 is 1.86 bits per heavy atom. The van der Waals surface area contributed by atoms with Gasteiger partial charge in [-0.05, 0) is 30.3 Å². The number of amides is 1. The molecule has 2 aromatic carbocycles. The average molecular weight is 412 g/mol. The molecule has 0 bridgehead atoms. The zero-order valence-electron chi connectivity index (χ0n) is 14.9. The van der Waals surface area contributed by atoms with Crippen LogP contribution in [-0.2, 0) is 14.8 Å². The summed E-state index contributed by atoms with van der Waals surface area (Å²) in [7, 11) is -2.62. The van der Waals surface area contributed by atoms with Gasteiger partial charge in [0, 0.05) is 24.7 Å². The molecule has 0 saturated carbocycles. The van der Waals surface area contributed by atoms with Gasteiger partial charge in [0.2, 0.25) is 10.0 Å². The van der Waals surface area contributed by atoms with Crippen LogP contribution in [0.3, 0.4) is 0 Å². The van der Waals surface area contributed by atoms with Gasteiger partial charge in [-0.25, -0.2) is 17.2 Å². The number of sulfonamides is 1. The summed E-state index contributed by atoms with van der Waals surface area (Å²) in [6.45, 7) is 0.883. The maximum atomic E-state index is 13.8. The van der Waals surface area contributed by atoms with Gasteiger partial charge in [-0.1, -0.05) is 0 Å². The highest BCUT2D eigenvalue weighted by Crippen LogP contribution is 2.29. The third-order valence-corrected chi connectivity index (χ3v) is 6.11. The highest BCUT2D eigenvalue weighted by molar-refractivity contribution is 7.89. The summed E-state index contributed by atoms with van der Waals surface area (Å²) in [5.41, 5.74) is -0.394. The summed E-state index contributed by atoms with van der Waals surface area (Å²) in [6.07, 6.45) is 0. The van der Waals surface area contributed by atoms with E-state index >= 15 is 0 Å². The average Bonchev–Trinajstić information content (AvgIpc) is 2.70. The largest absolute Gasteiger partial charge is 0.495 e. The zero-order valence-corrected chi connectivity index (χ0v) is 15.8. The first-order valence-corrected chi connectivity index (χ1v) is 9.79. The minimum Gasteiger partial charge on any atom is -0.495 e. The van der Waals surface area contributed by atoms with Crippen LogP contribution in [0.4, 0.5) is 14.5 Å². The van der Waals surface area contributed by atoms with Gasteiger partial charge in [0.05, 0.1) is 26.0 Å². The molecule has 0 spiro atoms. The lowest BCUT2D eigenvalue weighted by Crippen LogP contribution is -2.40. The minimum atomic E-state index is -3.93. The Hall–Kier alpha value is -2.56. The van der Waals surface area contributed by atoms with Crippen LogP contribution in [0, 0.1) is 11.6 Å². The summed E-state index contributed by atoms with van der Waals surface area (Å²) in [4.78, 5) is 12.3. The fraction of sp³-hybridized carbons (Fsp3) is 0.278. The van der Waals surface area contributed by atoms with Crippen molar-refractivity contribution in [3.8, 4) is 5.75 Å². The number of benzene rings is 2. The second-order valence-corrected chi connectivity index (χ2v) is 7.87. The van der Waals surface area contributed by atoms with Crippen LogP contribution in [0.1, 0.15) is 10.4 Å². The standard InChI is InChI=1S/C18H18F2N2O5S/c1-26-16-5-2-12(18(23)21-15-11-13(19)3-4-14(15)20)10-17(16)28(24,25)22-6-8-27-9-7-22/h2-5,10-11H,6-9H2,1H3,(H,21,23). The lowest BCUT2D eigenvalue weighted by molar-refractivity contribution is 0.0729. The van der Waals surface area contributed by atoms with Crippen LogP contribution < -0.4 is 10.1 Å². The number of hydrogen-bond acceptors (Lipinski definition) is 5. The Bertz CT molecular complexity index is 991. The van der Waals surface area contributed by atoms with Gasteiger partial charge < -0.3 is 14.8 Å². The van der Waals surface area contributed by atoms with E-state index in [1.165, 1.54) is 23.5 Å². The van der Waals surface area contributed by atoms with E-state index in [-0.39, 0.29) is 48.2 Å². The maximum absolute atomic E-state index is 13.8. The van der Waals surface area contributed by atoms with Crippen LogP contribution >= 0.6 is 0 Å². The van der Waals surface area contributed by atoms with Crippen LogP contribution in [0.5, 0.6) is 5.75 Å². The summed E-state index contributed by atoms with van der Waals surface area (Å²) in [5, 5.41) is 2.24. The molecule has 1 N–H and O–H groups in total. The van der Waals surface area contributed by atoms with Crippen molar-refractivity contribution in [2.24, 2.45) is 0 Å². The molecule has 1 fully saturated rings.